The van der Waals surface area contributed by atoms with Gasteiger partial charge in [-0.25, -0.2) is 0 Å². The summed E-state index contributed by atoms with van der Waals surface area (Å²) in [6, 6.07) is 11.2. The van der Waals surface area contributed by atoms with Crippen LogP contribution in [0.2, 0.25) is 0 Å². The quantitative estimate of drug-likeness (QED) is 0.808. The molecular formula is C17H25N3. The zero-order valence-electron chi connectivity index (χ0n) is 12.8. The molecule has 1 N–H and O–H groups in total. The first kappa shape index (κ1) is 14.6. The fraction of sp³-hybridized carbons (Fsp3) is 0.471. The van der Waals surface area contributed by atoms with E-state index in [0.717, 1.165) is 17.9 Å². The van der Waals surface area contributed by atoms with Crippen molar-refractivity contribution in [1.82, 2.24) is 9.78 Å². The number of nitrogens with one attached hydrogen (secondary N) is 1. The summed E-state index contributed by atoms with van der Waals surface area (Å²) in [7, 11) is 0. The van der Waals surface area contributed by atoms with Crippen LogP contribution in [0.4, 0.5) is 5.69 Å². The van der Waals surface area contributed by atoms with Gasteiger partial charge in [0.05, 0.1) is 12.2 Å². The van der Waals surface area contributed by atoms with Crippen LogP contribution in [0.1, 0.15) is 50.9 Å². The summed E-state index contributed by atoms with van der Waals surface area (Å²) < 4.78 is 1.99. The Morgan fingerprint density at radius 1 is 1.15 bits per heavy atom. The van der Waals surface area contributed by atoms with Gasteiger partial charge in [0.1, 0.15) is 0 Å². The molecule has 1 aromatic heterocycles. The molecular weight excluding hydrogens is 246 g/mol. The molecule has 0 atom stereocenters. The fourth-order valence-corrected chi connectivity index (χ4v) is 2.12. The molecule has 1 aromatic carbocycles. The lowest BCUT2D eigenvalue weighted by Gasteiger charge is -2.07. The van der Waals surface area contributed by atoms with Gasteiger partial charge >= 0.3 is 0 Å². The summed E-state index contributed by atoms with van der Waals surface area (Å²) in [6.45, 7) is 7.28. The van der Waals surface area contributed by atoms with Crippen molar-refractivity contribution in [2.75, 3.05) is 5.32 Å². The first-order valence-electron chi connectivity index (χ1n) is 7.56. The molecule has 0 amide bonds. The molecule has 0 saturated heterocycles. The number of aromatic nitrogens is 2. The highest BCUT2D eigenvalue weighted by molar-refractivity contribution is 5.44. The van der Waals surface area contributed by atoms with Crippen LogP contribution in [-0.2, 0) is 13.0 Å². The maximum Gasteiger partial charge on any atom is 0.0815 e. The normalized spacial score (nSPS) is 11.0. The third-order valence-electron chi connectivity index (χ3n) is 3.44. The Balaban J connectivity index is 1.86. The van der Waals surface area contributed by atoms with Crippen LogP contribution in [0.25, 0.3) is 0 Å². The molecule has 2 aromatic rings. The first-order chi connectivity index (χ1) is 9.69. The van der Waals surface area contributed by atoms with E-state index in [1.54, 1.807) is 0 Å². The molecule has 0 aliphatic rings. The van der Waals surface area contributed by atoms with Gasteiger partial charge in [-0.05, 0) is 50.5 Å². The largest absolute Gasteiger partial charge is 0.379 e. The summed E-state index contributed by atoms with van der Waals surface area (Å²) in [5, 5.41) is 7.96. The van der Waals surface area contributed by atoms with Gasteiger partial charge in [-0.3, -0.25) is 4.68 Å². The molecule has 0 aliphatic heterocycles. The number of rotatable bonds is 7. The maximum atomic E-state index is 4.54. The topological polar surface area (TPSA) is 29.9 Å². The van der Waals surface area contributed by atoms with Crippen molar-refractivity contribution in [3.63, 3.8) is 0 Å². The average Bonchev–Trinajstić information content (AvgIpc) is 2.93. The van der Waals surface area contributed by atoms with Gasteiger partial charge in [-0.15, -0.1) is 0 Å². The lowest BCUT2D eigenvalue weighted by atomic mass is 10.1. The molecule has 0 radical (unpaired) electrons. The molecule has 0 spiro atoms. The van der Waals surface area contributed by atoms with Crippen LogP contribution in [0.15, 0.2) is 36.5 Å². The minimum absolute atomic E-state index is 0.418. The van der Waals surface area contributed by atoms with Crippen molar-refractivity contribution in [3.05, 3.63) is 47.8 Å². The lowest BCUT2D eigenvalue weighted by Crippen LogP contribution is -2.04. The van der Waals surface area contributed by atoms with Crippen molar-refractivity contribution in [2.45, 2.75) is 52.6 Å². The molecule has 0 aliphatic carbocycles. The van der Waals surface area contributed by atoms with Crippen LogP contribution in [-0.4, -0.2) is 9.78 Å². The number of anilines is 1. The Bertz CT molecular complexity index is 511. The van der Waals surface area contributed by atoms with E-state index in [9.17, 15) is 0 Å². The van der Waals surface area contributed by atoms with Crippen LogP contribution in [0.3, 0.4) is 0 Å². The van der Waals surface area contributed by atoms with Crippen LogP contribution in [0.5, 0.6) is 0 Å². The third kappa shape index (κ3) is 4.12. The van der Waals surface area contributed by atoms with E-state index >= 15 is 0 Å². The highest BCUT2D eigenvalue weighted by atomic mass is 15.3. The Hall–Kier alpha value is -1.77. The van der Waals surface area contributed by atoms with Crippen molar-refractivity contribution < 1.29 is 0 Å². The van der Waals surface area contributed by atoms with E-state index in [0.29, 0.717) is 6.04 Å². The first-order valence-corrected chi connectivity index (χ1v) is 7.56. The van der Waals surface area contributed by atoms with E-state index < -0.39 is 0 Å². The number of hydrogen-bond acceptors (Lipinski definition) is 2. The molecule has 20 heavy (non-hydrogen) atoms. The highest BCUT2D eigenvalue weighted by Gasteiger charge is 2.02. The Morgan fingerprint density at radius 2 is 1.90 bits per heavy atom. The smallest absolute Gasteiger partial charge is 0.0815 e. The fourth-order valence-electron chi connectivity index (χ4n) is 2.12. The number of unbranched alkanes of at least 4 members (excludes halogenated alkanes) is 1. The van der Waals surface area contributed by atoms with Crippen LogP contribution >= 0.6 is 0 Å². The van der Waals surface area contributed by atoms with Gasteiger partial charge in [0.25, 0.3) is 0 Å². The van der Waals surface area contributed by atoms with Gasteiger partial charge in [0.2, 0.25) is 0 Å². The average molecular weight is 271 g/mol. The van der Waals surface area contributed by atoms with Crippen molar-refractivity contribution in [1.29, 1.82) is 0 Å². The molecule has 1 heterocycles. The predicted octanol–water partition coefficient (Wildman–Crippen LogP) is 4.42. The van der Waals surface area contributed by atoms with E-state index in [4.69, 9.17) is 0 Å². The van der Waals surface area contributed by atoms with E-state index in [2.05, 4.69) is 61.5 Å². The van der Waals surface area contributed by atoms with Gasteiger partial charge in [0, 0.05) is 17.9 Å². The Kier molecular flexibility index (Phi) is 5.22. The molecule has 0 unspecified atom stereocenters. The highest BCUT2D eigenvalue weighted by Crippen LogP contribution is 2.13. The van der Waals surface area contributed by atoms with E-state index in [1.165, 1.54) is 24.8 Å². The zero-order chi connectivity index (χ0) is 14.4. The summed E-state index contributed by atoms with van der Waals surface area (Å²) in [6.07, 6.45) is 5.73. The SMILES string of the molecule is CCCCc1ccc(NCc2ccn(C(C)C)n2)cc1. The molecule has 3 nitrogen and oxygen atoms in total. The lowest BCUT2D eigenvalue weighted by molar-refractivity contribution is 0.527. The second-order valence-corrected chi connectivity index (χ2v) is 5.53. The monoisotopic (exact) mass is 271 g/mol. The Labute approximate surface area is 122 Å². The number of benzene rings is 1. The van der Waals surface area contributed by atoms with Crippen LogP contribution < -0.4 is 5.32 Å². The number of hydrogen-bond donors (Lipinski definition) is 1. The molecule has 0 saturated carbocycles. The van der Waals surface area contributed by atoms with Gasteiger partial charge in [-0.2, -0.15) is 5.10 Å². The van der Waals surface area contributed by atoms with E-state index in [-0.39, 0.29) is 0 Å². The third-order valence-corrected chi connectivity index (χ3v) is 3.44. The summed E-state index contributed by atoms with van der Waals surface area (Å²) in [5.41, 5.74) is 3.65. The standard InChI is InChI=1S/C17H25N3/c1-4-5-6-15-7-9-16(10-8-15)18-13-17-11-12-20(19-17)14(2)3/h7-12,14,18H,4-6,13H2,1-3H3. The summed E-state index contributed by atoms with van der Waals surface area (Å²) in [4.78, 5) is 0. The Morgan fingerprint density at radius 3 is 2.50 bits per heavy atom. The van der Waals surface area contributed by atoms with Gasteiger partial charge in [-0.1, -0.05) is 25.5 Å². The second-order valence-electron chi connectivity index (χ2n) is 5.53. The molecule has 0 bridgehead atoms. The number of aryl methyl sites for hydroxylation is 1. The van der Waals surface area contributed by atoms with Crippen LogP contribution in [0, 0.1) is 0 Å². The van der Waals surface area contributed by atoms with Crippen molar-refractivity contribution in [2.24, 2.45) is 0 Å². The van der Waals surface area contributed by atoms with Crippen molar-refractivity contribution >= 4 is 5.69 Å². The zero-order valence-corrected chi connectivity index (χ0v) is 12.8. The summed E-state index contributed by atoms with van der Waals surface area (Å²) >= 11 is 0. The van der Waals surface area contributed by atoms with Gasteiger partial charge < -0.3 is 5.32 Å². The maximum absolute atomic E-state index is 4.54. The minimum atomic E-state index is 0.418. The minimum Gasteiger partial charge on any atom is -0.379 e. The van der Waals surface area contributed by atoms with Gasteiger partial charge in [0.15, 0.2) is 0 Å². The molecule has 108 valence electrons. The molecule has 2 rings (SSSR count). The van der Waals surface area contributed by atoms with E-state index in [1.807, 2.05) is 10.9 Å². The second kappa shape index (κ2) is 7.13. The van der Waals surface area contributed by atoms with Crippen molar-refractivity contribution in [3.8, 4) is 0 Å². The molecule has 0 fully saturated rings. The predicted molar refractivity (Wildman–Crippen MR) is 85.0 cm³/mol. The molecule has 3 heteroatoms. The summed E-state index contributed by atoms with van der Waals surface area (Å²) in [5.74, 6) is 0. The number of nitrogens with zero attached hydrogens (tertiary/aromatic N) is 2.